The van der Waals surface area contributed by atoms with Crippen LogP contribution in [0.4, 0.5) is 0 Å². The van der Waals surface area contributed by atoms with Gasteiger partial charge >= 0.3 is 0 Å². The van der Waals surface area contributed by atoms with Gasteiger partial charge in [-0.15, -0.1) is 0 Å². The molecule has 0 aliphatic carbocycles. The highest BCUT2D eigenvalue weighted by Crippen LogP contribution is 2.18. The molecule has 2 heterocycles. The summed E-state index contributed by atoms with van der Waals surface area (Å²) in [5.74, 6) is 0.863. The van der Waals surface area contributed by atoms with Crippen molar-refractivity contribution < 1.29 is 4.52 Å². The van der Waals surface area contributed by atoms with Crippen LogP contribution in [0, 0.1) is 0 Å². The Morgan fingerprint density at radius 1 is 1.56 bits per heavy atom. The standard InChI is InChI=1S/C9H14N6O/c1-2-3-4-6(10)9-12-8(14-16-9)7-5-11-15-13-7/h5-6H,2-4,10H2,1H3,(H,11,13,15)/t6-/m0/s1. The summed E-state index contributed by atoms with van der Waals surface area (Å²) < 4.78 is 5.08. The van der Waals surface area contributed by atoms with Gasteiger partial charge in [-0.3, -0.25) is 0 Å². The first-order valence-electron chi connectivity index (χ1n) is 5.26. The van der Waals surface area contributed by atoms with Crippen LogP contribution >= 0.6 is 0 Å². The van der Waals surface area contributed by atoms with Gasteiger partial charge < -0.3 is 10.3 Å². The Hall–Kier alpha value is -1.76. The van der Waals surface area contributed by atoms with E-state index in [1.54, 1.807) is 0 Å². The van der Waals surface area contributed by atoms with Crippen LogP contribution in [0.5, 0.6) is 0 Å². The Kier molecular flexibility index (Phi) is 3.25. The third-order valence-electron chi connectivity index (χ3n) is 2.27. The zero-order valence-electron chi connectivity index (χ0n) is 9.05. The molecule has 0 aliphatic heterocycles. The zero-order valence-corrected chi connectivity index (χ0v) is 9.05. The molecule has 0 saturated heterocycles. The lowest BCUT2D eigenvalue weighted by atomic mass is 10.1. The van der Waals surface area contributed by atoms with Crippen LogP contribution in [-0.2, 0) is 0 Å². The Bertz CT molecular complexity index is 423. The van der Waals surface area contributed by atoms with Crippen molar-refractivity contribution in [1.82, 2.24) is 25.6 Å². The quantitative estimate of drug-likeness (QED) is 0.782. The number of unbranched alkanes of at least 4 members (excludes halogenated alkanes) is 1. The lowest BCUT2D eigenvalue weighted by molar-refractivity contribution is 0.346. The van der Waals surface area contributed by atoms with E-state index >= 15 is 0 Å². The molecule has 3 N–H and O–H groups in total. The molecule has 0 aliphatic rings. The predicted molar refractivity (Wildman–Crippen MR) is 56.1 cm³/mol. The summed E-state index contributed by atoms with van der Waals surface area (Å²) in [5, 5.41) is 13.8. The average Bonchev–Trinajstić information content (AvgIpc) is 2.94. The maximum absolute atomic E-state index is 5.91. The van der Waals surface area contributed by atoms with E-state index in [0.29, 0.717) is 17.4 Å². The molecule has 1 atom stereocenters. The van der Waals surface area contributed by atoms with Crippen molar-refractivity contribution in [1.29, 1.82) is 0 Å². The Balaban J connectivity index is 2.07. The van der Waals surface area contributed by atoms with E-state index in [0.717, 1.165) is 19.3 Å². The first kappa shape index (κ1) is 10.7. The molecular formula is C9H14N6O. The first-order chi connectivity index (χ1) is 7.81. The van der Waals surface area contributed by atoms with Crippen LogP contribution in [0.15, 0.2) is 10.7 Å². The van der Waals surface area contributed by atoms with Crippen molar-refractivity contribution in [2.45, 2.75) is 32.2 Å². The molecule has 7 nitrogen and oxygen atoms in total. The topological polar surface area (TPSA) is 107 Å². The molecule has 0 aromatic carbocycles. The maximum Gasteiger partial charge on any atom is 0.243 e. The third kappa shape index (κ3) is 2.25. The molecule has 0 radical (unpaired) electrons. The molecule has 2 rings (SSSR count). The number of rotatable bonds is 5. The smallest absolute Gasteiger partial charge is 0.243 e. The van der Waals surface area contributed by atoms with Gasteiger partial charge in [0.2, 0.25) is 11.7 Å². The second-order valence-corrected chi connectivity index (χ2v) is 3.56. The number of nitrogens with one attached hydrogen (secondary N) is 1. The van der Waals surface area contributed by atoms with Crippen molar-refractivity contribution >= 4 is 0 Å². The molecule has 0 unspecified atom stereocenters. The number of nitrogens with two attached hydrogens (primary N) is 1. The van der Waals surface area contributed by atoms with Crippen LogP contribution < -0.4 is 5.73 Å². The fourth-order valence-electron chi connectivity index (χ4n) is 1.35. The lowest BCUT2D eigenvalue weighted by Crippen LogP contribution is -2.10. The molecule has 2 aromatic rings. The molecule has 16 heavy (non-hydrogen) atoms. The van der Waals surface area contributed by atoms with E-state index in [9.17, 15) is 0 Å². The number of H-pyrrole nitrogens is 1. The normalized spacial score (nSPS) is 12.9. The van der Waals surface area contributed by atoms with Crippen molar-refractivity contribution in [2.75, 3.05) is 0 Å². The van der Waals surface area contributed by atoms with E-state index in [4.69, 9.17) is 10.3 Å². The van der Waals surface area contributed by atoms with Gasteiger partial charge in [-0.2, -0.15) is 20.4 Å². The van der Waals surface area contributed by atoms with Crippen LogP contribution in [0.3, 0.4) is 0 Å². The third-order valence-corrected chi connectivity index (χ3v) is 2.27. The van der Waals surface area contributed by atoms with Crippen molar-refractivity contribution in [2.24, 2.45) is 5.73 Å². The Morgan fingerprint density at radius 2 is 2.44 bits per heavy atom. The van der Waals surface area contributed by atoms with E-state index in [1.807, 2.05) is 0 Å². The molecular weight excluding hydrogens is 208 g/mol. The van der Waals surface area contributed by atoms with Gasteiger partial charge in [-0.25, -0.2) is 0 Å². The summed E-state index contributed by atoms with van der Waals surface area (Å²) in [6, 6.07) is -0.201. The SMILES string of the molecule is CCCC[C@H](N)c1nc(-c2cn[nH]n2)no1. The van der Waals surface area contributed by atoms with Crippen molar-refractivity contribution in [3.05, 3.63) is 12.1 Å². The van der Waals surface area contributed by atoms with E-state index in [1.165, 1.54) is 6.20 Å². The minimum Gasteiger partial charge on any atom is -0.337 e. The summed E-state index contributed by atoms with van der Waals surface area (Å²) in [6.45, 7) is 2.11. The van der Waals surface area contributed by atoms with Gasteiger partial charge in [0, 0.05) is 0 Å². The minimum absolute atomic E-state index is 0.201. The number of nitrogens with zero attached hydrogens (tertiary/aromatic N) is 4. The zero-order chi connectivity index (χ0) is 11.4. The molecule has 7 heteroatoms. The second kappa shape index (κ2) is 4.84. The highest BCUT2D eigenvalue weighted by molar-refractivity contribution is 5.44. The largest absolute Gasteiger partial charge is 0.337 e. The Morgan fingerprint density at radius 3 is 3.12 bits per heavy atom. The van der Waals surface area contributed by atoms with Gasteiger partial charge in [0.05, 0.1) is 12.2 Å². The summed E-state index contributed by atoms with van der Waals surface area (Å²) in [7, 11) is 0. The number of hydrogen-bond donors (Lipinski definition) is 2. The molecule has 0 amide bonds. The van der Waals surface area contributed by atoms with Gasteiger partial charge in [0.15, 0.2) is 5.69 Å². The molecule has 0 bridgehead atoms. The van der Waals surface area contributed by atoms with Gasteiger partial charge in [0.1, 0.15) is 0 Å². The summed E-state index contributed by atoms with van der Waals surface area (Å²) in [4.78, 5) is 4.18. The summed E-state index contributed by atoms with van der Waals surface area (Å²) in [5.41, 5.74) is 6.46. The van der Waals surface area contributed by atoms with Crippen molar-refractivity contribution in [3.8, 4) is 11.5 Å². The summed E-state index contributed by atoms with van der Waals surface area (Å²) in [6.07, 6.45) is 4.52. The fraction of sp³-hybridized carbons (Fsp3) is 0.556. The molecule has 2 aromatic heterocycles. The monoisotopic (exact) mass is 222 g/mol. The predicted octanol–water partition coefficient (Wildman–Crippen LogP) is 1.04. The highest BCUT2D eigenvalue weighted by Gasteiger charge is 2.16. The fourth-order valence-corrected chi connectivity index (χ4v) is 1.35. The van der Waals surface area contributed by atoms with Gasteiger partial charge in [0.25, 0.3) is 0 Å². The van der Waals surface area contributed by atoms with Crippen molar-refractivity contribution in [3.63, 3.8) is 0 Å². The minimum atomic E-state index is -0.201. The number of aromatic nitrogens is 5. The highest BCUT2D eigenvalue weighted by atomic mass is 16.5. The second-order valence-electron chi connectivity index (χ2n) is 3.56. The van der Waals surface area contributed by atoms with E-state index < -0.39 is 0 Å². The van der Waals surface area contributed by atoms with Gasteiger partial charge in [-0.1, -0.05) is 24.9 Å². The molecule has 0 fully saturated rings. The molecule has 0 spiro atoms. The molecule has 86 valence electrons. The average molecular weight is 222 g/mol. The van der Waals surface area contributed by atoms with Crippen LogP contribution in [0.1, 0.15) is 38.1 Å². The first-order valence-corrected chi connectivity index (χ1v) is 5.26. The van der Waals surface area contributed by atoms with Gasteiger partial charge in [-0.05, 0) is 6.42 Å². The molecule has 0 saturated carbocycles. The van der Waals surface area contributed by atoms with Crippen LogP contribution in [-0.4, -0.2) is 25.6 Å². The lowest BCUT2D eigenvalue weighted by Gasteiger charge is -2.03. The maximum atomic E-state index is 5.91. The number of aromatic amines is 1. The Labute approximate surface area is 92.4 Å². The van der Waals surface area contributed by atoms with Crippen LogP contribution in [0.25, 0.3) is 11.5 Å². The van der Waals surface area contributed by atoms with E-state index in [2.05, 4.69) is 32.5 Å². The number of hydrogen-bond acceptors (Lipinski definition) is 6. The van der Waals surface area contributed by atoms with Crippen LogP contribution in [0.2, 0.25) is 0 Å². The van der Waals surface area contributed by atoms with E-state index in [-0.39, 0.29) is 6.04 Å². The summed E-state index contributed by atoms with van der Waals surface area (Å²) >= 11 is 0.